The van der Waals surface area contributed by atoms with E-state index in [1.54, 1.807) is 49.6 Å². The molecule has 0 saturated carbocycles. The summed E-state index contributed by atoms with van der Waals surface area (Å²) in [5.41, 5.74) is 7.04. The van der Waals surface area contributed by atoms with Crippen molar-refractivity contribution < 1.29 is 14.0 Å². The molecule has 0 radical (unpaired) electrons. The number of hydrogen-bond acceptors (Lipinski definition) is 6. The van der Waals surface area contributed by atoms with Gasteiger partial charge in [-0.25, -0.2) is 0 Å². The van der Waals surface area contributed by atoms with Gasteiger partial charge in [0.1, 0.15) is 5.76 Å². The van der Waals surface area contributed by atoms with E-state index < -0.39 is 11.2 Å². The molecule has 4 aromatic rings. The van der Waals surface area contributed by atoms with Gasteiger partial charge < -0.3 is 15.5 Å². The maximum Gasteiger partial charge on any atom is 0.248 e. The van der Waals surface area contributed by atoms with Gasteiger partial charge in [0.25, 0.3) is 0 Å². The van der Waals surface area contributed by atoms with E-state index in [0.29, 0.717) is 33.8 Å². The van der Waals surface area contributed by atoms with E-state index in [0.717, 1.165) is 11.3 Å². The summed E-state index contributed by atoms with van der Waals surface area (Å²) in [5.74, 6) is 0.635. The van der Waals surface area contributed by atoms with Crippen LogP contribution in [0.5, 0.6) is 0 Å². The second-order valence-corrected chi connectivity index (χ2v) is 8.91. The molecule has 10 heteroatoms. The van der Waals surface area contributed by atoms with Crippen LogP contribution in [0.1, 0.15) is 23.0 Å². The number of carbonyl (C=O) groups excluding carboxylic acids is 2. The number of furan rings is 1. The van der Waals surface area contributed by atoms with Gasteiger partial charge in [0.2, 0.25) is 11.8 Å². The standard InChI is InChI=1S/C23H20ClN5O3S/c1-14(22(31)26-18-10-6-15(7-11-18)20(25)30)33-23-28-27-21(16-4-8-17(24)9-5-16)29(23)13-19-3-2-12-32-19/h2-12,14H,13H2,1H3,(H2,25,30)(H,26,31). The molecule has 1 unspecified atom stereocenters. The molecule has 3 N–H and O–H groups in total. The molecule has 0 aliphatic carbocycles. The number of benzene rings is 2. The minimum Gasteiger partial charge on any atom is -0.467 e. The highest BCUT2D eigenvalue weighted by Gasteiger charge is 2.22. The van der Waals surface area contributed by atoms with Crippen LogP contribution in [0.25, 0.3) is 11.4 Å². The Morgan fingerprint density at radius 3 is 2.48 bits per heavy atom. The molecule has 2 aromatic carbocycles. The van der Waals surface area contributed by atoms with Crippen molar-refractivity contribution in [2.75, 3.05) is 5.32 Å². The summed E-state index contributed by atoms with van der Waals surface area (Å²) in [7, 11) is 0. The Labute approximate surface area is 199 Å². The number of carbonyl (C=O) groups is 2. The van der Waals surface area contributed by atoms with Crippen molar-refractivity contribution in [3.63, 3.8) is 0 Å². The molecule has 0 aliphatic rings. The van der Waals surface area contributed by atoms with E-state index in [2.05, 4.69) is 15.5 Å². The Bertz CT molecular complexity index is 1250. The zero-order chi connectivity index (χ0) is 23.4. The second-order valence-electron chi connectivity index (χ2n) is 7.17. The van der Waals surface area contributed by atoms with Gasteiger partial charge in [-0.2, -0.15) is 0 Å². The topological polar surface area (TPSA) is 116 Å². The van der Waals surface area contributed by atoms with Gasteiger partial charge >= 0.3 is 0 Å². The van der Waals surface area contributed by atoms with Crippen molar-refractivity contribution in [2.45, 2.75) is 23.9 Å². The lowest BCUT2D eigenvalue weighted by molar-refractivity contribution is -0.115. The molecular formula is C23H20ClN5O3S. The number of rotatable bonds is 8. The van der Waals surface area contributed by atoms with Crippen LogP contribution in [-0.2, 0) is 11.3 Å². The third-order valence-electron chi connectivity index (χ3n) is 4.80. The maximum atomic E-state index is 12.8. The van der Waals surface area contributed by atoms with Gasteiger partial charge in [0.05, 0.1) is 18.1 Å². The van der Waals surface area contributed by atoms with Crippen molar-refractivity contribution in [3.8, 4) is 11.4 Å². The monoisotopic (exact) mass is 481 g/mol. The summed E-state index contributed by atoms with van der Waals surface area (Å²) >= 11 is 7.31. The number of halogens is 1. The van der Waals surface area contributed by atoms with Gasteiger partial charge in [-0.05, 0) is 67.6 Å². The van der Waals surface area contributed by atoms with Crippen molar-refractivity contribution in [3.05, 3.63) is 83.3 Å². The van der Waals surface area contributed by atoms with Gasteiger partial charge in [-0.15, -0.1) is 10.2 Å². The minimum atomic E-state index is -0.524. The van der Waals surface area contributed by atoms with E-state index in [-0.39, 0.29) is 5.91 Å². The zero-order valence-electron chi connectivity index (χ0n) is 17.6. The second kappa shape index (κ2) is 9.93. The van der Waals surface area contributed by atoms with Gasteiger partial charge in [0.15, 0.2) is 11.0 Å². The number of amides is 2. The Balaban J connectivity index is 1.54. The summed E-state index contributed by atoms with van der Waals surface area (Å²) in [5, 5.41) is 12.2. The number of nitrogens with one attached hydrogen (secondary N) is 1. The maximum absolute atomic E-state index is 12.8. The SMILES string of the molecule is CC(Sc1nnc(-c2ccc(Cl)cc2)n1Cc1ccco1)C(=O)Nc1ccc(C(N)=O)cc1. The number of aromatic nitrogens is 3. The summed E-state index contributed by atoms with van der Waals surface area (Å²) in [4.78, 5) is 24.0. The van der Waals surface area contributed by atoms with Gasteiger partial charge in [0, 0.05) is 21.8 Å². The van der Waals surface area contributed by atoms with Crippen LogP contribution in [0, 0.1) is 0 Å². The smallest absolute Gasteiger partial charge is 0.248 e. The minimum absolute atomic E-state index is 0.215. The predicted octanol–water partition coefficient (Wildman–Crippen LogP) is 4.46. The molecule has 0 spiro atoms. The largest absolute Gasteiger partial charge is 0.467 e. The van der Waals surface area contributed by atoms with E-state index in [9.17, 15) is 9.59 Å². The molecule has 2 heterocycles. The number of nitrogens with zero attached hydrogens (tertiary/aromatic N) is 3. The average molecular weight is 482 g/mol. The predicted molar refractivity (Wildman–Crippen MR) is 127 cm³/mol. The first-order valence-electron chi connectivity index (χ1n) is 9.99. The van der Waals surface area contributed by atoms with Crippen LogP contribution in [0.4, 0.5) is 5.69 Å². The van der Waals surface area contributed by atoms with E-state index >= 15 is 0 Å². The molecule has 2 aromatic heterocycles. The van der Waals surface area contributed by atoms with Crippen LogP contribution in [0.15, 0.2) is 76.5 Å². The van der Waals surface area contributed by atoms with Crippen LogP contribution in [-0.4, -0.2) is 31.8 Å². The molecule has 8 nitrogen and oxygen atoms in total. The van der Waals surface area contributed by atoms with Gasteiger partial charge in [-0.3, -0.25) is 14.2 Å². The molecule has 168 valence electrons. The highest BCUT2D eigenvalue weighted by Crippen LogP contribution is 2.29. The van der Waals surface area contributed by atoms with Crippen molar-refractivity contribution in [1.29, 1.82) is 0 Å². The third-order valence-corrected chi connectivity index (χ3v) is 6.13. The fraction of sp³-hybridized carbons (Fsp3) is 0.130. The summed E-state index contributed by atoms with van der Waals surface area (Å²) in [6.45, 7) is 2.19. The molecule has 0 fully saturated rings. The van der Waals surface area contributed by atoms with Crippen molar-refractivity contribution >= 4 is 40.9 Å². The van der Waals surface area contributed by atoms with E-state index in [4.69, 9.17) is 21.8 Å². The Kier molecular flexibility index (Phi) is 6.81. The number of thioether (sulfide) groups is 1. The van der Waals surface area contributed by atoms with Crippen LogP contribution in [0.3, 0.4) is 0 Å². The first-order valence-corrected chi connectivity index (χ1v) is 11.3. The number of primary amides is 1. The van der Waals surface area contributed by atoms with E-state index in [1.807, 2.05) is 28.8 Å². The number of nitrogens with two attached hydrogens (primary N) is 1. The van der Waals surface area contributed by atoms with E-state index in [1.165, 1.54) is 11.8 Å². The molecule has 0 aliphatic heterocycles. The zero-order valence-corrected chi connectivity index (χ0v) is 19.1. The quantitative estimate of drug-likeness (QED) is 0.359. The first kappa shape index (κ1) is 22.6. The summed E-state index contributed by atoms with van der Waals surface area (Å²) in [6.07, 6.45) is 1.61. The highest BCUT2D eigenvalue weighted by molar-refractivity contribution is 8.00. The lowest BCUT2D eigenvalue weighted by Gasteiger charge is -2.13. The van der Waals surface area contributed by atoms with Gasteiger partial charge in [-0.1, -0.05) is 23.4 Å². The fourth-order valence-electron chi connectivity index (χ4n) is 3.06. The highest BCUT2D eigenvalue weighted by atomic mass is 35.5. The first-order chi connectivity index (χ1) is 15.9. The molecule has 2 amide bonds. The molecule has 0 saturated heterocycles. The summed E-state index contributed by atoms with van der Waals surface area (Å²) in [6, 6.07) is 17.4. The van der Waals surface area contributed by atoms with Crippen LogP contribution >= 0.6 is 23.4 Å². The lowest BCUT2D eigenvalue weighted by Crippen LogP contribution is -2.23. The van der Waals surface area contributed by atoms with Crippen LogP contribution in [0.2, 0.25) is 5.02 Å². The lowest BCUT2D eigenvalue weighted by atomic mass is 10.2. The Hall–Kier alpha value is -3.56. The third kappa shape index (κ3) is 5.44. The molecule has 4 rings (SSSR count). The normalized spacial score (nSPS) is 11.8. The Morgan fingerprint density at radius 1 is 1.12 bits per heavy atom. The Morgan fingerprint density at radius 2 is 1.85 bits per heavy atom. The number of hydrogen-bond donors (Lipinski definition) is 2. The fourth-order valence-corrected chi connectivity index (χ4v) is 4.04. The average Bonchev–Trinajstić information content (AvgIpc) is 3.45. The van der Waals surface area contributed by atoms with Crippen molar-refractivity contribution in [1.82, 2.24) is 14.8 Å². The summed E-state index contributed by atoms with van der Waals surface area (Å²) < 4.78 is 7.41. The molecular weight excluding hydrogens is 462 g/mol. The number of anilines is 1. The van der Waals surface area contributed by atoms with Crippen molar-refractivity contribution in [2.24, 2.45) is 5.73 Å². The molecule has 0 bridgehead atoms. The molecule has 1 atom stereocenters. The van der Waals surface area contributed by atoms with Crippen LogP contribution < -0.4 is 11.1 Å². The molecule has 33 heavy (non-hydrogen) atoms.